The molecule has 1 saturated carbocycles. The summed E-state index contributed by atoms with van der Waals surface area (Å²) in [5, 5.41) is 0. The molecule has 1 unspecified atom stereocenters. The van der Waals surface area contributed by atoms with E-state index in [1.54, 1.807) is 4.90 Å². The maximum absolute atomic E-state index is 13.0. The maximum Gasteiger partial charge on any atom is 0.410 e. The minimum atomic E-state index is -0.579. The van der Waals surface area contributed by atoms with Crippen LogP contribution in [0.1, 0.15) is 91.5 Å². The van der Waals surface area contributed by atoms with Crippen LogP contribution in [-0.4, -0.2) is 40.9 Å². The largest absolute Gasteiger partial charge is 0.444 e. The number of rotatable bonds is 6. The topological polar surface area (TPSA) is 94.2 Å². The highest BCUT2D eigenvalue weighted by Gasteiger charge is 2.36. The molecule has 1 saturated heterocycles. The molecule has 0 aromatic heterocycles. The van der Waals surface area contributed by atoms with Gasteiger partial charge in [-0.15, -0.1) is 0 Å². The quantitative estimate of drug-likeness (QED) is 0.408. The Labute approximate surface area is 203 Å². The predicted octanol–water partition coefficient (Wildman–Crippen LogP) is 5.99. The van der Waals surface area contributed by atoms with E-state index in [9.17, 15) is 9.59 Å². The highest BCUT2D eigenvalue weighted by molar-refractivity contribution is 6.05. The molecule has 1 aromatic rings. The van der Waals surface area contributed by atoms with Crippen molar-refractivity contribution in [1.82, 2.24) is 4.90 Å². The van der Waals surface area contributed by atoms with Crippen molar-refractivity contribution in [2.75, 3.05) is 6.54 Å². The predicted molar refractivity (Wildman–Crippen MR) is 135 cm³/mol. The summed E-state index contributed by atoms with van der Waals surface area (Å²) in [6.07, 6.45) is 4.81. The second kappa shape index (κ2) is 10.6. The fraction of sp³-hybridized carbons (Fsp3) is 0.593. The Morgan fingerprint density at radius 3 is 2.47 bits per heavy atom. The van der Waals surface area contributed by atoms with Gasteiger partial charge < -0.3 is 20.1 Å². The molecule has 7 heteroatoms. The van der Waals surface area contributed by atoms with Crippen LogP contribution in [0.3, 0.4) is 0 Å². The zero-order valence-electron chi connectivity index (χ0n) is 21.4. The van der Waals surface area contributed by atoms with Gasteiger partial charge in [0.2, 0.25) is 0 Å². The summed E-state index contributed by atoms with van der Waals surface area (Å²) in [6, 6.07) is 5.70. The lowest BCUT2D eigenvalue weighted by molar-refractivity contribution is -0.131. The molecule has 3 rings (SSSR count). The van der Waals surface area contributed by atoms with Gasteiger partial charge in [0.15, 0.2) is 5.75 Å². The number of carbonyl (C=O) groups is 2. The lowest BCUT2D eigenvalue weighted by Crippen LogP contribution is -2.50. The van der Waals surface area contributed by atoms with E-state index in [0.29, 0.717) is 43.2 Å². The molecule has 2 N–H and O–H groups in total. The number of nitrogens with two attached hydrogens (primary N) is 1. The Hall–Kier alpha value is -2.83. The molecule has 7 nitrogen and oxygen atoms in total. The second-order valence-electron chi connectivity index (χ2n) is 10.2. The Kier molecular flexibility index (Phi) is 8.05. The molecule has 2 aliphatic rings. The summed E-state index contributed by atoms with van der Waals surface area (Å²) < 4.78 is 11.2. The van der Waals surface area contributed by atoms with Gasteiger partial charge in [-0.05, 0) is 70.1 Å². The third kappa shape index (κ3) is 6.39. The van der Waals surface area contributed by atoms with E-state index in [2.05, 4.69) is 13.0 Å². The van der Waals surface area contributed by atoms with Crippen LogP contribution in [0, 0.1) is 0 Å². The molecule has 1 aromatic carbocycles. The lowest BCUT2D eigenvalue weighted by Gasteiger charge is -2.39. The van der Waals surface area contributed by atoms with Crippen molar-refractivity contribution in [2.24, 2.45) is 10.7 Å². The van der Waals surface area contributed by atoms with Gasteiger partial charge in [-0.2, -0.15) is 0 Å². The lowest BCUT2D eigenvalue weighted by atomic mass is 9.89. The van der Waals surface area contributed by atoms with Crippen molar-refractivity contribution >= 4 is 23.5 Å². The van der Waals surface area contributed by atoms with Crippen LogP contribution < -0.4 is 10.5 Å². The first kappa shape index (κ1) is 25.8. The third-order valence-electron chi connectivity index (χ3n) is 6.03. The third-order valence-corrected chi connectivity index (χ3v) is 6.03. The van der Waals surface area contributed by atoms with E-state index in [-0.39, 0.29) is 18.1 Å². The number of esters is 1. The smallest absolute Gasteiger partial charge is 0.410 e. The van der Waals surface area contributed by atoms with Crippen LogP contribution in [0.15, 0.2) is 34.5 Å². The van der Waals surface area contributed by atoms with E-state index < -0.39 is 5.60 Å². The fourth-order valence-electron chi connectivity index (χ4n) is 4.42. The van der Waals surface area contributed by atoms with Crippen LogP contribution in [0.5, 0.6) is 5.75 Å². The Balaban J connectivity index is 2.03. The van der Waals surface area contributed by atoms with Gasteiger partial charge >= 0.3 is 12.1 Å². The first-order valence-corrected chi connectivity index (χ1v) is 12.4. The number of amides is 1. The first-order valence-electron chi connectivity index (χ1n) is 12.4. The Morgan fingerprint density at radius 2 is 1.91 bits per heavy atom. The van der Waals surface area contributed by atoms with Crippen molar-refractivity contribution in [3.05, 3.63) is 35.0 Å². The number of aliphatic imine (C=N–C) groups is 1. The van der Waals surface area contributed by atoms with Crippen LogP contribution >= 0.6 is 0 Å². The molecule has 1 atom stereocenters. The van der Waals surface area contributed by atoms with E-state index in [0.717, 1.165) is 36.2 Å². The molecule has 0 spiro atoms. The highest BCUT2D eigenvalue weighted by atomic mass is 16.6. The van der Waals surface area contributed by atoms with Crippen molar-refractivity contribution in [3.8, 4) is 5.75 Å². The molecule has 0 radical (unpaired) electrons. The van der Waals surface area contributed by atoms with Gasteiger partial charge in [0.1, 0.15) is 11.3 Å². The molecular formula is C27H39N3O4. The average molecular weight is 470 g/mol. The van der Waals surface area contributed by atoms with Gasteiger partial charge in [-0.25, -0.2) is 9.79 Å². The van der Waals surface area contributed by atoms with Gasteiger partial charge in [-0.3, -0.25) is 4.79 Å². The number of carbonyl (C=O) groups excluding carboxylic acids is 2. The minimum Gasteiger partial charge on any atom is -0.444 e. The summed E-state index contributed by atoms with van der Waals surface area (Å²) in [5.74, 6) is 0.635. The number of piperidine rings is 1. The van der Waals surface area contributed by atoms with Crippen molar-refractivity contribution in [1.29, 1.82) is 0 Å². The minimum absolute atomic E-state index is 0.225. The number of hydrogen-bond donors (Lipinski definition) is 1. The van der Waals surface area contributed by atoms with Crippen LogP contribution in [0.2, 0.25) is 0 Å². The SMILES string of the molecule is CCC/C(N)=C1/C(=Nc2ccc(C3CC3)cc2OC(C)=O)CCN(C(=O)OC(C)(C)C)C1CC. The van der Waals surface area contributed by atoms with E-state index in [1.807, 2.05) is 39.8 Å². The van der Waals surface area contributed by atoms with Crippen LogP contribution in [0.25, 0.3) is 0 Å². The number of hydrogen-bond acceptors (Lipinski definition) is 6. The second-order valence-corrected chi connectivity index (χ2v) is 10.2. The highest BCUT2D eigenvalue weighted by Crippen LogP contribution is 2.43. The molecule has 34 heavy (non-hydrogen) atoms. The Morgan fingerprint density at radius 1 is 1.21 bits per heavy atom. The van der Waals surface area contributed by atoms with E-state index >= 15 is 0 Å². The molecule has 186 valence electrons. The molecule has 1 amide bonds. The van der Waals surface area contributed by atoms with E-state index in [1.165, 1.54) is 12.5 Å². The first-order chi connectivity index (χ1) is 16.0. The average Bonchev–Trinajstić information content (AvgIpc) is 3.58. The van der Waals surface area contributed by atoms with Gasteiger partial charge in [-0.1, -0.05) is 26.3 Å². The molecular weight excluding hydrogens is 430 g/mol. The number of ether oxygens (including phenoxy) is 2. The maximum atomic E-state index is 13.0. The van der Waals surface area contributed by atoms with Gasteiger partial charge in [0.05, 0.1) is 6.04 Å². The van der Waals surface area contributed by atoms with E-state index in [4.69, 9.17) is 20.2 Å². The summed E-state index contributed by atoms with van der Waals surface area (Å²) >= 11 is 0. The zero-order valence-corrected chi connectivity index (χ0v) is 21.4. The number of allylic oxidation sites excluding steroid dienone is 1. The number of nitrogens with zero attached hydrogens (tertiary/aromatic N) is 2. The summed E-state index contributed by atoms with van der Waals surface area (Å²) in [6.45, 7) is 11.6. The van der Waals surface area contributed by atoms with Crippen molar-refractivity contribution in [3.63, 3.8) is 0 Å². The van der Waals surface area contributed by atoms with Crippen molar-refractivity contribution < 1.29 is 19.1 Å². The molecule has 1 aliphatic heterocycles. The van der Waals surface area contributed by atoms with Crippen molar-refractivity contribution in [2.45, 2.75) is 97.6 Å². The van der Waals surface area contributed by atoms with Gasteiger partial charge in [0.25, 0.3) is 0 Å². The van der Waals surface area contributed by atoms with Gasteiger partial charge in [0, 0.05) is 36.9 Å². The standard InChI is InChI=1S/C27H39N3O4/c1-7-9-20(28)25-22(14-15-30(23(25)8-2)26(32)34-27(4,5)6)29-21-13-12-19(18-10-11-18)16-24(21)33-17(3)31/h12-13,16,18,23H,7-11,14-15,28H2,1-6H3/b25-20+,29-22?. The van der Waals surface area contributed by atoms with Crippen LogP contribution in [0.4, 0.5) is 10.5 Å². The van der Waals surface area contributed by atoms with Crippen LogP contribution in [-0.2, 0) is 9.53 Å². The molecule has 1 heterocycles. The Bertz CT molecular complexity index is 986. The number of likely N-dealkylation sites (tertiary alicyclic amines) is 1. The monoisotopic (exact) mass is 469 g/mol. The molecule has 1 aliphatic carbocycles. The summed E-state index contributed by atoms with van der Waals surface area (Å²) in [4.78, 5) is 31.5. The molecule has 2 fully saturated rings. The fourth-order valence-corrected chi connectivity index (χ4v) is 4.42. The summed E-state index contributed by atoms with van der Waals surface area (Å²) in [7, 11) is 0. The molecule has 0 bridgehead atoms. The summed E-state index contributed by atoms with van der Waals surface area (Å²) in [5.41, 5.74) is 10.3. The normalized spacial score (nSPS) is 21.4. The zero-order chi connectivity index (χ0) is 25.0. The number of benzene rings is 1.